The lowest BCUT2D eigenvalue weighted by Crippen LogP contribution is -2.50. The highest BCUT2D eigenvalue weighted by Gasteiger charge is 2.26. The van der Waals surface area contributed by atoms with Gasteiger partial charge in [0.15, 0.2) is 0 Å². The van der Waals surface area contributed by atoms with E-state index in [4.69, 9.17) is 9.47 Å². The fourth-order valence-corrected chi connectivity index (χ4v) is 4.31. The zero-order valence-corrected chi connectivity index (χ0v) is 18.3. The van der Waals surface area contributed by atoms with Crippen LogP contribution >= 0.6 is 0 Å². The normalized spacial score (nSPS) is 17.0. The molecule has 1 saturated carbocycles. The first-order valence-corrected chi connectivity index (χ1v) is 11.0. The van der Waals surface area contributed by atoms with E-state index in [1.807, 2.05) is 48.2 Å². The minimum absolute atomic E-state index is 0.00322. The van der Waals surface area contributed by atoms with Crippen LogP contribution in [0.4, 0.5) is 0 Å². The maximum absolute atomic E-state index is 12.9. The Morgan fingerprint density at radius 1 is 0.839 bits per heavy atom. The number of ether oxygens (including phenoxy) is 2. The number of piperazine rings is 1. The molecule has 0 bridgehead atoms. The van der Waals surface area contributed by atoms with Crippen LogP contribution in [0.1, 0.15) is 52.0 Å². The Bertz CT molecular complexity index is 927. The van der Waals surface area contributed by atoms with Crippen LogP contribution in [0, 0.1) is 6.92 Å². The van der Waals surface area contributed by atoms with E-state index in [-0.39, 0.29) is 11.8 Å². The molecule has 6 nitrogen and oxygen atoms in total. The Morgan fingerprint density at radius 2 is 1.39 bits per heavy atom. The Kier molecular flexibility index (Phi) is 6.44. The quantitative estimate of drug-likeness (QED) is 0.733. The second kappa shape index (κ2) is 9.41. The lowest BCUT2D eigenvalue weighted by molar-refractivity contribution is 0.0535. The van der Waals surface area contributed by atoms with E-state index in [1.54, 1.807) is 18.1 Å². The Hall–Kier alpha value is -3.02. The lowest BCUT2D eigenvalue weighted by Gasteiger charge is -2.35. The maximum atomic E-state index is 12.9. The first kappa shape index (κ1) is 21.2. The van der Waals surface area contributed by atoms with Crippen molar-refractivity contribution in [2.24, 2.45) is 0 Å². The third kappa shape index (κ3) is 4.84. The number of benzene rings is 2. The summed E-state index contributed by atoms with van der Waals surface area (Å²) in [5, 5.41) is 0. The molecule has 1 aliphatic carbocycles. The van der Waals surface area contributed by atoms with Gasteiger partial charge in [-0.3, -0.25) is 9.59 Å². The van der Waals surface area contributed by atoms with Gasteiger partial charge in [-0.25, -0.2) is 0 Å². The molecule has 164 valence electrons. The van der Waals surface area contributed by atoms with E-state index in [1.165, 1.54) is 12.8 Å². The van der Waals surface area contributed by atoms with Gasteiger partial charge in [-0.15, -0.1) is 0 Å². The Balaban J connectivity index is 1.32. The fourth-order valence-electron chi connectivity index (χ4n) is 4.31. The van der Waals surface area contributed by atoms with Gasteiger partial charge in [-0.2, -0.15) is 0 Å². The number of carbonyl (C=O) groups excluding carboxylic acids is 2. The summed E-state index contributed by atoms with van der Waals surface area (Å²) in [6, 6.07) is 12.9. The molecule has 4 rings (SSSR count). The zero-order valence-electron chi connectivity index (χ0n) is 18.3. The summed E-state index contributed by atoms with van der Waals surface area (Å²) < 4.78 is 11.3. The lowest BCUT2D eigenvalue weighted by atomic mass is 10.1. The van der Waals surface area contributed by atoms with E-state index < -0.39 is 0 Å². The first-order valence-electron chi connectivity index (χ1n) is 11.0. The van der Waals surface area contributed by atoms with E-state index >= 15 is 0 Å². The van der Waals surface area contributed by atoms with Gasteiger partial charge in [0.05, 0.1) is 13.2 Å². The minimum atomic E-state index is -0.0289. The van der Waals surface area contributed by atoms with Gasteiger partial charge in [-0.05, 0) is 74.6 Å². The van der Waals surface area contributed by atoms with Crippen molar-refractivity contribution in [2.75, 3.05) is 33.3 Å². The van der Waals surface area contributed by atoms with Crippen LogP contribution in [0.15, 0.2) is 42.5 Å². The molecule has 2 aromatic rings. The number of amides is 2. The van der Waals surface area contributed by atoms with Gasteiger partial charge in [-0.1, -0.05) is 6.07 Å². The van der Waals surface area contributed by atoms with Crippen LogP contribution in [0.3, 0.4) is 0 Å². The third-order valence-corrected chi connectivity index (χ3v) is 6.22. The fraction of sp³-hybridized carbons (Fsp3) is 0.440. The summed E-state index contributed by atoms with van der Waals surface area (Å²) >= 11 is 0. The van der Waals surface area contributed by atoms with Crippen LogP contribution < -0.4 is 9.47 Å². The van der Waals surface area contributed by atoms with Gasteiger partial charge in [0.1, 0.15) is 11.5 Å². The molecule has 2 aliphatic rings. The van der Waals surface area contributed by atoms with Crippen molar-refractivity contribution in [1.29, 1.82) is 0 Å². The molecular formula is C25H30N2O4. The van der Waals surface area contributed by atoms with Crippen LogP contribution in [0.2, 0.25) is 0 Å². The predicted octanol–water partition coefficient (Wildman–Crippen LogP) is 3.92. The monoisotopic (exact) mass is 422 g/mol. The number of nitrogens with zero attached hydrogens (tertiary/aromatic N) is 2. The molecule has 0 unspecified atom stereocenters. The van der Waals surface area contributed by atoms with Crippen molar-refractivity contribution in [3.05, 3.63) is 59.2 Å². The molecule has 2 amide bonds. The summed E-state index contributed by atoms with van der Waals surface area (Å²) in [4.78, 5) is 29.4. The van der Waals surface area contributed by atoms with E-state index in [0.29, 0.717) is 49.2 Å². The summed E-state index contributed by atoms with van der Waals surface area (Å²) in [5.41, 5.74) is 2.26. The number of hydrogen-bond acceptors (Lipinski definition) is 4. The van der Waals surface area contributed by atoms with E-state index in [2.05, 4.69) is 0 Å². The third-order valence-electron chi connectivity index (χ3n) is 6.22. The highest BCUT2D eigenvalue weighted by atomic mass is 16.5. The highest BCUT2D eigenvalue weighted by molar-refractivity contribution is 5.96. The molecule has 6 heteroatoms. The van der Waals surface area contributed by atoms with Crippen LogP contribution in [0.5, 0.6) is 11.5 Å². The van der Waals surface area contributed by atoms with Crippen LogP contribution in [0.25, 0.3) is 0 Å². The van der Waals surface area contributed by atoms with Crippen molar-refractivity contribution in [2.45, 2.75) is 38.7 Å². The SMILES string of the molecule is COc1cc(C(=O)N2CCN(C(=O)c3ccc(OC4CCCC4)cc3)CC2)ccc1C. The first-order chi connectivity index (χ1) is 15.0. The van der Waals surface area contributed by atoms with Gasteiger partial charge in [0, 0.05) is 37.3 Å². The molecule has 1 saturated heterocycles. The molecule has 31 heavy (non-hydrogen) atoms. The number of hydrogen-bond donors (Lipinski definition) is 0. The Labute approximate surface area is 183 Å². The number of methoxy groups -OCH3 is 1. The highest BCUT2D eigenvalue weighted by Crippen LogP contribution is 2.25. The molecule has 0 aromatic heterocycles. The van der Waals surface area contributed by atoms with Crippen LogP contribution in [-0.4, -0.2) is 61.0 Å². The van der Waals surface area contributed by atoms with Gasteiger partial charge in [0.25, 0.3) is 11.8 Å². The number of aryl methyl sites for hydroxylation is 1. The van der Waals surface area contributed by atoms with Crippen molar-refractivity contribution in [1.82, 2.24) is 9.80 Å². The molecule has 0 radical (unpaired) electrons. The summed E-state index contributed by atoms with van der Waals surface area (Å²) in [7, 11) is 1.61. The Morgan fingerprint density at radius 3 is 1.97 bits per heavy atom. The summed E-state index contributed by atoms with van der Waals surface area (Å²) in [6.07, 6.45) is 4.99. The van der Waals surface area contributed by atoms with Crippen molar-refractivity contribution in [3.8, 4) is 11.5 Å². The summed E-state index contributed by atoms with van der Waals surface area (Å²) in [5.74, 6) is 1.50. The average molecular weight is 423 g/mol. The topological polar surface area (TPSA) is 59.1 Å². The minimum Gasteiger partial charge on any atom is -0.496 e. The largest absolute Gasteiger partial charge is 0.496 e. The van der Waals surface area contributed by atoms with Gasteiger partial charge in [0.2, 0.25) is 0 Å². The molecule has 1 aliphatic heterocycles. The number of carbonyl (C=O) groups is 2. The van der Waals surface area contributed by atoms with Crippen molar-refractivity contribution >= 4 is 11.8 Å². The van der Waals surface area contributed by atoms with Crippen LogP contribution in [-0.2, 0) is 0 Å². The van der Waals surface area contributed by atoms with Crippen molar-refractivity contribution < 1.29 is 19.1 Å². The molecule has 1 heterocycles. The average Bonchev–Trinajstić information content (AvgIpc) is 3.32. The zero-order chi connectivity index (χ0) is 21.8. The van der Waals surface area contributed by atoms with Crippen molar-refractivity contribution in [3.63, 3.8) is 0 Å². The van der Waals surface area contributed by atoms with Gasteiger partial charge < -0.3 is 19.3 Å². The number of rotatable bonds is 5. The molecule has 0 N–H and O–H groups in total. The van der Waals surface area contributed by atoms with Gasteiger partial charge >= 0.3 is 0 Å². The predicted molar refractivity (Wildman–Crippen MR) is 119 cm³/mol. The maximum Gasteiger partial charge on any atom is 0.254 e. The van der Waals surface area contributed by atoms with E-state index in [9.17, 15) is 9.59 Å². The second-order valence-corrected chi connectivity index (χ2v) is 8.32. The standard InChI is InChI=1S/C25H30N2O4/c1-18-7-8-20(17-23(18)30-2)25(29)27-15-13-26(14-16-27)24(28)19-9-11-22(12-10-19)31-21-5-3-4-6-21/h7-12,17,21H,3-6,13-16H2,1-2H3. The molecule has 0 atom stereocenters. The summed E-state index contributed by atoms with van der Waals surface area (Å²) in [6.45, 7) is 4.03. The molecule has 0 spiro atoms. The molecular weight excluding hydrogens is 392 g/mol. The smallest absolute Gasteiger partial charge is 0.254 e. The molecule has 2 fully saturated rings. The second-order valence-electron chi connectivity index (χ2n) is 8.32. The van der Waals surface area contributed by atoms with E-state index in [0.717, 1.165) is 24.2 Å². The molecule has 2 aromatic carbocycles.